The first kappa shape index (κ1) is 30.1. The summed E-state index contributed by atoms with van der Waals surface area (Å²) in [4.78, 5) is 74.8. The topological polar surface area (TPSA) is 301 Å². The largest absolute Gasteiger partial charge is 0.480 e. The highest BCUT2D eigenvalue weighted by Crippen LogP contribution is 2.05. The number of carboxylic acids is 1. The maximum Gasteiger partial charge on any atom is 0.326 e. The molecule has 0 aliphatic carbocycles. The molecular weight excluding hydrogens is 454 g/mol. The molecule has 34 heavy (non-hydrogen) atoms. The van der Waals surface area contributed by atoms with E-state index in [9.17, 15) is 33.9 Å². The standard InChI is InChI=1S/C18H33N9O7/c1-8(19)14(30)25-10(4-5-12(20)28)16(32)26-9(3-2-6-24-18(22)23)15(31)27-11(17(33)34)7-13(21)29/h8-11H,2-7,19H2,1H3,(H2,20,28)(H2,21,29)(H,25,30)(H,26,32)(H,27,31)(H,33,34)(H4,22,23,24). The first-order valence-corrected chi connectivity index (χ1v) is 10.3. The monoisotopic (exact) mass is 487 g/mol. The highest BCUT2D eigenvalue weighted by molar-refractivity contribution is 5.95. The lowest BCUT2D eigenvalue weighted by molar-refractivity contribution is -0.143. The second kappa shape index (κ2) is 15.0. The molecule has 0 rings (SSSR count). The fourth-order valence-corrected chi connectivity index (χ4v) is 2.58. The van der Waals surface area contributed by atoms with Crippen molar-refractivity contribution < 1.29 is 33.9 Å². The van der Waals surface area contributed by atoms with Crippen LogP contribution in [-0.4, -0.2) is 77.3 Å². The average molecular weight is 488 g/mol. The molecule has 0 spiro atoms. The smallest absolute Gasteiger partial charge is 0.326 e. The number of primary amides is 2. The molecule has 0 bridgehead atoms. The maximum atomic E-state index is 12.8. The summed E-state index contributed by atoms with van der Waals surface area (Å²) in [5, 5.41) is 16.1. The molecule has 0 aliphatic rings. The van der Waals surface area contributed by atoms with E-state index in [2.05, 4.69) is 20.9 Å². The van der Waals surface area contributed by atoms with Crippen LogP contribution in [0.25, 0.3) is 0 Å². The van der Waals surface area contributed by atoms with Gasteiger partial charge in [-0.05, 0) is 26.2 Å². The fraction of sp³-hybridized carbons (Fsp3) is 0.611. The molecule has 0 fully saturated rings. The van der Waals surface area contributed by atoms with Crippen molar-refractivity contribution in [2.24, 2.45) is 33.7 Å². The number of carbonyl (C=O) groups is 6. The van der Waals surface area contributed by atoms with Crippen LogP contribution in [0.3, 0.4) is 0 Å². The number of rotatable bonds is 16. The lowest BCUT2D eigenvalue weighted by Gasteiger charge is -2.24. The zero-order valence-electron chi connectivity index (χ0n) is 18.8. The van der Waals surface area contributed by atoms with Gasteiger partial charge in [0.25, 0.3) is 0 Å². The summed E-state index contributed by atoms with van der Waals surface area (Å²) in [5.41, 5.74) is 26.1. The third-order valence-electron chi connectivity index (χ3n) is 4.32. The first-order valence-electron chi connectivity index (χ1n) is 10.3. The van der Waals surface area contributed by atoms with E-state index >= 15 is 0 Å². The molecule has 4 atom stereocenters. The molecule has 0 aromatic heterocycles. The molecular formula is C18H33N9O7. The van der Waals surface area contributed by atoms with E-state index in [0.717, 1.165) is 0 Å². The highest BCUT2D eigenvalue weighted by Gasteiger charge is 2.30. The van der Waals surface area contributed by atoms with Crippen molar-refractivity contribution in [2.75, 3.05) is 6.54 Å². The molecule has 0 aliphatic heterocycles. The van der Waals surface area contributed by atoms with Crippen molar-refractivity contribution >= 4 is 41.5 Å². The molecule has 0 saturated carbocycles. The third-order valence-corrected chi connectivity index (χ3v) is 4.32. The number of carbonyl (C=O) groups excluding carboxylic acids is 5. The van der Waals surface area contributed by atoms with Gasteiger partial charge in [-0.1, -0.05) is 0 Å². The normalized spacial score (nSPS) is 13.9. The van der Waals surface area contributed by atoms with Crippen LogP contribution in [0.1, 0.15) is 39.0 Å². The van der Waals surface area contributed by atoms with Crippen LogP contribution < -0.4 is 44.6 Å². The zero-order valence-corrected chi connectivity index (χ0v) is 18.8. The third kappa shape index (κ3) is 12.8. The highest BCUT2D eigenvalue weighted by atomic mass is 16.4. The lowest BCUT2D eigenvalue weighted by atomic mass is 10.1. The molecule has 192 valence electrons. The predicted molar refractivity (Wildman–Crippen MR) is 119 cm³/mol. The Morgan fingerprint density at radius 1 is 0.794 bits per heavy atom. The number of amides is 5. The minimum Gasteiger partial charge on any atom is -0.480 e. The van der Waals surface area contributed by atoms with Crippen molar-refractivity contribution in [3.05, 3.63) is 0 Å². The Morgan fingerprint density at radius 2 is 1.29 bits per heavy atom. The molecule has 0 aromatic carbocycles. The molecule has 16 nitrogen and oxygen atoms in total. The molecule has 0 aromatic rings. The predicted octanol–water partition coefficient (Wildman–Crippen LogP) is -4.93. The quantitative estimate of drug-likeness (QED) is 0.0567. The Bertz CT molecular complexity index is 797. The number of aliphatic carboxylic acids is 1. The van der Waals surface area contributed by atoms with E-state index in [1.165, 1.54) is 6.92 Å². The van der Waals surface area contributed by atoms with Crippen molar-refractivity contribution in [1.82, 2.24) is 16.0 Å². The van der Waals surface area contributed by atoms with Crippen molar-refractivity contribution in [1.29, 1.82) is 0 Å². The Balaban J connectivity index is 5.61. The molecule has 0 radical (unpaired) electrons. The zero-order chi connectivity index (χ0) is 26.4. The first-order chi connectivity index (χ1) is 15.7. The SMILES string of the molecule is CC(N)C(=O)NC(CCC(N)=O)C(=O)NC(CCCN=C(N)N)C(=O)NC(CC(N)=O)C(=O)O. The van der Waals surface area contributed by atoms with E-state index < -0.39 is 66.1 Å². The van der Waals surface area contributed by atoms with Gasteiger partial charge < -0.3 is 49.7 Å². The molecule has 14 N–H and O–H groups in total. The summed E-state index contributed by atoms with van der Waals surface area (Å²) < 4.78 is 0. The molecule has 0 saturated heterocycles. The number of nitrogens with two attached hydrogens (primary N) is 5. The van der Waals surface area contributed by atoms with Gasteiger partial charge in [0.1, 0.15) is 18.1 Å². The summed E-state index contributed by atoms with van der Waals surface area (Å²) in [7, 11) is 0. The van der Waals surface area contributed by atoms with Crippen molar-refractivity contribution in [3.8, 4) is 0 Å². The van der Waals surface area contributed by atoms with Crippen LogP contribution in [0, 0.1) is 0 Å². The van der Waals surface area contributed by atoms with E-state index in [1.54, 1.807) is 0 Å². The maximum absolute atomic E-state index is 12.8. The van der Waals surface area contributed by atoms with Gasteiger partial charge in [0.15, 0.2) is 5.96 Å². The summed E-state index contributed by atoms with van der Waals surface area (Å²) in [6.07, 6.45) is -0.954. The van der Waals surface area contributed by atoms with E-state index in [-0.39, 0.29) is 38.2 Å². The molecule has 0 heterocycles. The Labute approximate surface area is 195 Å². The van der Waals surface area contributed by atoms with Gasteiger partial charge in [-0.3, -0.25) is 29.0 Å². The fourth-order valence-electron chi connectivity index (χ4n) is 2.58. The summed E-state index contributed by atoms with van der Waals surface area (Å²) >= 11 is 0. The van der Waals surface area contributed by atoms with Crippen LogP contribution in [0.4, 0.5) is 0 Å². The van der Waals surface area contributed by atoms with Gasteiger partial charge in [0.05, 0.1) is 12.5 Å². The average Bonchev–Trinajstić information content (AvgIpc) is 2.71. The minimum absolute atomic E-state index is 0.0406. The van der Waals surface area contributed by atoms with Gasteiger partial charge in [0.2, 0.25) is 29.5 Å². The van der Waals surface area contributed by atoms with E-state index in [0.29, 0.717) is 0 Å². The van der Waals surface area contributed by atoms with Crippen LogP contribution in [0.5, 0.6) is 0 Å². The van der Waals surface area contributed by atoms with Crippen molar-refractivity contribution in [2.45, 2.75) is 63.2 Å². The summed E-state index contributed by atoms with van der Waals surface area (Å²) in [6, 6.07) is -5.17. The second-order valence-electron chi connectivity index (χ2n) is 7.43. The molecule has 4 unspecified atom stereocenters. The minimum atomic E-state index is -1.63. The molecule has 16 heteroatoms. The number of nitrogens with zero attached hydrogens (tertiary/aromatic N) is 1. The van der Waals surface area contributed by atoms with Crippen LogP contribution in [0.2, 0.25) is 0 Å². The second-order valence-corrected chi connectivity index (χ2v) is 7.43. The van der Waals surface area contributed by atoms with Crippen LogP contribution in [-0.2, 0) is 28.8 Å². The Kier molecular flexibility index (Phi) is 13.2. The molecule has 5 amide bonds. The van der Waals surface area contributed by atoms with Gasteiger partial charge in [-0.15, -0.1) is 0 Å². The van der Waals surface area contributed by atoms with E-state index in [1.807, 2.05) is 0 Å². The summed E-state index contributed by atoms with van der Waals surface area (Å²) in [5.74, 6) is -5.87. The van der Waals surface area contributed by atoms with Gasteiger partial charge in [-0.2, -0.15) is 0 Å². The summed E-state index contributed by atoms with van der Waals surface area (Å²) in [6.45, 7) is 1.47. The number of guanidine groups is 1. The van der Waals surface area contributed by atoms with Crippen LogP contribution in [0.15, 0.2) is 4.99 Å². The number of carboxylic acid groups (broad SMARTS) is 1. The van der Waals surface area contributed by atoms with Gasteiger partial charge in [-0.25, -0.2) is 4.79 Å². The Morgan fingerprint density at radius 3 is 1.74 bits per heavy atom. The van der Waals surface area contributed by atoms with Crippen molar-refractivity contribution in [3.63, 3.8) is 0 Å². The number of nitrogens with one attached hydrogen (secondary N) is 3. The van der Waals surface area contributed by atoms with Crippen LogP contribution >= 0.6 is 0 Å². The number of hydrogen-bond donors (Lipinski definition) is 9. The van der Waals surface area contributed by atoms with Gasteiger partial charge >= 0.3 is 5.97 Å². The number of hydrogen-bond acceptors (Lipinski definition) is 8. The van der Waals surface area contributed by atoms with Gasteiger partial charge in [0, 0.05) is 13.0 Å². The van der Waals surface area contributed by atoms with E-state index in [4.69, 9.17) is 28.7 Å². The number of aliphatic imine (C=N–C) groups is 1. The lowest BCUT2D eigenvalue weighted by Crippen LogP contribution is -2.57. The Hall–Kier alpha value is -3.95.